The van der Waals surface area contributed by atoms with Crippen molar-refractivity contribution < 1.29 is 12.8 Å². The molecule has 19 heavy (non-hydrogen) atoms. The molecule has 0 aromatic heterocycles. The van der Waals surface area contributed by atoms with E-state index in [9.17, 15) is 12.8 Å². The lowest BCUT2D eigenvalue weighted by atomic mass is 10.1. The molecule has 1 aromatic carbocycles. The van der Waals surface area contributed by atoms with Crippen LogP contribution in [0.4, 0.5) is 4.39 Å². The number of sulfonamides is 1. The van der Waals surface area contributed by atoms with E-state index in [1.165, 1.54) is 12.1 Å². The van der Waals surface area contributed by atoms with Crippen molar-refractivity contribution in [2.75, 3.05) is 6.54 Å². The SMILES string of the molecule is CC(C)CC(N)CNS(=O)(=O)c1ccc(Br)c(F)c1. The Morgan fingerprint density at radius 1 is 1.42 bits per heavy atom. The predicted molar refractivity (Wildman–Crippen MR) is 76.7 cm³/mol. The number of hydrogen-bond donors (Lipinski definition) is 2. The molecule has 108 valence electrons. The number of nitrogens with one attached hydrogen (secondary N) is 1. The smallest absolute Gasteiger partial charge is 0.240 e. The molecule has 0 aliphatic rings. The molecule has 0 fully saturated rings. The summed E-state index contributed by atoms with van der Waals surface area (Å²) in [4.78, 5) is -0.107. The van der Waals surface area contributed by atoms with Crippen molar-refractivity contribution in [1.82, 2.24) is 4.72 Å². The maximum atomic E-state index is 13.3. The minimum Gasteiger partial charge on any atom is -0.327 e. The highest BCUT2D eigenvalue weighted by Gasteiger charge is 2.17. The summed E-state index contributed by atoms with van der Waals surface area (Å²) in [6.07, 6.45) is 0.719. The Morgan fingerprint density at radius 2 is 2.05 bits per heavy atom. The third-order valence-corrected chi connectivity index (χ3v) is 4.58. The van der Waals surface area contributed by atoms with Gasteiger partial charge < -0.3 is 5.73 Å². The van der Waals surface area contributed by atoms with Gasteiger partial charge in [0.2, 0.25) is 10.0 Å². The molecule has 0 aliphatic heterocycles. The molecule has 0 heterocycles. The van der Waals surface area contributed by atoms with Crippen LogP contribution in [0.25, 0.3) is 0 Å². The van der Waals surface area contributed by atoms with Gasteiger partial charge in [-0.1, -0.05) is 13.8 Å². The third-order valence-electron chi connectivity index (χ3n) is 2.51. The Labute approximate surface area is 121 Å². The van der Waals surface area contributed by atoms with E-state index in [1.807, 2.05) is 13.8 Å². The highest BCUT2D eigenvalue weighted by atomic mass is 79.9. The third kappa shape index (κ3) is 5.18. The Morgan fingerprint density at radius 3 is 2.58 bits per heavy atom. The molecule has 0 saturated heterocycles. The van der Waals surface area contributed by atoms with Gasteiger partial charge in [-0.05, 0) is 46.5 Å². The summed E-state index contributed by atoms with van der Waals surface area (Å²) in [5, 5.41) is 0. The first-order valence-electron chi connectivity index (χ1n) is 5.92. The molecule has 0 bridgehead atoms. The molecule has 1 unspecified atom stereocenters. The molecule has 0 aliphatic carbocycles. The highest BCUT2D eigenvalue weighted by molar-refractivity contribution is 9.10. The fraction of sp³-hybridized carbons (Fsp3) is 0.500. The van der Waals surface area contributed by atoms with Crippen LogP contribution in [-0.2, 0) is 10.0 Å². The summed E-state index contributed by atoms with van der Waals surface area (Å²) < 4.78 is 39.8. The summed E-state index contributed by atoms with van der Waals surface area (Å²) in [7, 11) is -3.72. The second kappa shape index (κ2) is 6.78. The van der Waals surface area contributed by atoms with Gasteiger partial charge in [0.15, 0.2) is 0 Å². The topological polar surface area (TPSA) is 72.2 Å². The molecule has 0 radical (unpaired) electrons. The van der Waals surface area contributed by atoms with Gasteiger partial charge >= 0.3 is 0 Å². The predicted octanol–water partition coefficient (Wildman–Crippen LogP) is 2.24. The minimum atomic E-state index is -3.72. The average Bonchev–Trinajstić information content (AvgIpc) is 2.29. The van der Waals surface area contributed by atoms with Crippen molar-refractivity contribution in [3.63, 3.8) is 0 Å². The van der Waals surface area contributed by atoms with Gasteiger partial charge in [-0.3, -0.25) is 0 Å². The second-order valence-corrected chi connectivity index (χ2v) is 7.44. The van der Waals surface area contributed by atoms with Gasteiger partial charge in [0, 0.05) is 12.6 Å². The molecule has 1 atom stereocenters. The van der Waals surface area contributed by atoms with Gasteiger partial charge in [-0.2, -0.15) is 0 Å². The van der Waals surface area contributed by atoms with Gasteiger partial charge in [0.25, 0.3) is 0 Å². The first kappa shape index (κ1) is 16.6. The molecule has 0 spiro atoms. The number of hydrogen-bond acceptors (Lipinski definition) is 3. The summed E-state index contributed by atoms with van der Waals surface area (Å²) in [6, 6.07) is 3.41. The lowest BCUT2D eigenvalue weighted by Crippen LogP contribution is -2.38. The van der Waals surface area contributed by atoms with Gasteiger partial charge in [-0.15, -0.1) is 0 Å². The summed E-state index contributed by atoms with van der Waals surface area (Å²) >= 11 is 2.98. The molecular weight excluding hydrogens is 335 g/mol. The number of halogens is 2. The van der Waals surface area contributed by atoms with Crippen LogP contribution in [0.5, 0.6) is 0 Å². The normalized spacial score (nSPS) is 13.8. The zero-order valence-electron chi connectivity index (χ0n) is 10.9. The van der Waals surface area contributed by atoms with E-state index < -0.39 is 15.8 Å². The number of rotatable bonds is 6. The lowest BCUT2D eigenvalue weighted by Gasteiger charge is -2.15. The van der Waals surface area contributed by atoms with E-state index in [-0.39, 0.29) is 22.0 Å². The average molecular weight is 353 g/mol. The number of benzene rings is 1. The molecule has 0 saturated carbocycles. The zero-order valence-corrected chi connectivity index (χ0v) is 13.3. The molecule has 0 amide bonds. The summed E-state index contributed by atoms with van der Waals surface area (Å²) in [6.45, 7) is 4.16. The molecule has 4 nitrogen and oxygen atoms in total. The largest absolute Gasteiger partial charge is 0.327 e. The Bertz CT molecular complexity index is 535. The van der Waals surface area contributed by atoms with Crippen LogP contribution < -0.4 is 10.5 Å². The Hall–Kier alpha value is -0.500. The summed E-state index contributed by atoms with van der Waals surface area (Å²) in [5.41, 5.74) is 5.81. The van der Waals surface area contributed by atoms with Crippen LogP contribution in [0.2, 0.25) is 0 Å². The van der Waals surface area contributed by atoms with Crippen molar-refractivity contribution in [2.24, 2.45) is 11.7 Å². The van der Waals surface area contributed by atoms with Gasteiger partial charge in [0.05, 0.1) is 9.37 Å². The lowest BCUT2D eigenvalue weighted by molar-refractivity contribution is 0.485. The van der Waals surface area contributed by atoms with E-state index in [1.54, 1.807) is 0 Å². The number of nitrogens with two attached hydrogens (primary N) is 1. The van der Waals surface area contributed by atoms with Crippen LogP contribution in [0.3, 0.4) is 0 Å². The van der Waals surface area contributed by atoms with Crippen LogP contribution in [0, 0.1) is 11.7 Å². The quantitative estimate of drug-likeness (QED) is 0.824. The molecule has 1 rings (SSSR count). The van der Waals surface area contributed by atoms with Crippen LogP contribution >= 0.6 is 15.9 Å². The van der Waals surface area contributed by atoms with Crippen LogP contribution in [-0.4, -0.2) is 21.0 Å². The van der Waals surface area contributed by atoms with E-state index in [2.05, 4.69) is 20.7 Å². The maximum Gasteiger partial charge on any atom is 0.240 e. The first-order chi connectivity index (χ1) is 8.72. The highest BCUT2D eigenvalue weighted by Crippen LogP contribution is 2.19. The van der Waals surface area contributed by atoms with Crippen LogP contribution in [0.1, 0.15) is 20.3 Å². The second-order valence-electron chi connectivity index (χ2n) is 4.82. The zero-order chi connectivity index (χ0) is 14.6. The van der Waals surface area contributed by atoms with E-state index in [0.29, 0.717) is 5.92 Å². The van der Waals surface area contributed by atoms with E-state index in [0.717, 1.165) is 12.5 Å². The first-order valence-corrected chi connectivity index (χ1v) is 8.20. The Kier molecular flexibility index (Phi) is 5.91. The van der Waals surface area contributed by atoms with Gasteiger partial charge in [0.1, 0.15) is 5.82 Å². The molecule has 1 aromatic rings. The van der Waals surface area contributed by atoms with Crippen molar-refractivity contribution in [3.05, 3.63) is 28.5 Å². The maximum absolute atomic E-state index is 13.3. The fourth-order valence-corrected chi connectivity index (χ4v) is 2.99. The summed E-state index contributed by atoms with van der Waals surface area (Å²) in [5.74, 6) is -0.223. The van der Waals surface area contributed by atoms with Gasteiger partial charge in [-0.25, -0.2) is 17.5 Å². The minimum absolute atomic E-state index is 0.107. The Balaban J connectivity index is 2.73. The standard InChI is InChI=1S/C12H18BrFN2O2S/c1-8(2)5-9(15)7-16-19(17,18)10-3-4-11(13)12(14)6-10/h3-4,6,8-9,16H,5,7,15H2,1-2H3. The van der Waals surface area contributed by atoms with E-state index in [4.69, 9.17) is 5.73 Å². The fourth-order valence-electron chi connectivity index (χ4n) is 1.63. The molecule has 3 N–H and O–H groups in total. The van der Waals surface area contributed by atoms with Crippen molar-refractivity contribution in [3.8, 4) is 0 Å². The van der Waals surface area contributed by atoms with Crippen molar-refractivity contribution in [2.45, 2.75) is 31.2 Å². The van der Waals surface area contributed by atoms with E-state index >= 15 is 0 Å². The monoisotopic (exact) mass is 352 g/mol. The molecule has 7 heteroatoms. The van der Waals surface area contributed by atoms with Crippen molar-refractivity contribution >= 4 is 26.0 Å². The van der Waals surface area contributed by atoms with Crippen LogP contribution in [0.15, 0.2) is 27.6 Å². The van der Waals surface area contributed by atoms with Crippen molar-refractivity contribution in [1.29, 1.82) is 0 Å². The molecular formula is C12H18BrFN2O2S.